The highest BCUT2D eigenvalue weighted by Gasteiger charge is 2.36. The fourth-order valence-corrected chi connectivity index (χ4v) is 1.84. The smallest absolute Gasteiger partial charge is 0.230 e. The first-order valence-electron chi connectivity index (χ1n) is 5.82. The van der Waals surface area contributed by atoms with Gasteiger partial charge in [-0.3, -0.25) is 4.79 Å². The first-order chi connectivity index (χ1) is 7.20. The number of rotatable bonds is 7. The Morgan fingerprint density at radius 2 is 1.88 bits per heavy atom. The topological polar surface area (TPSA) is 49.3 Å². The summed E-state index contributed by atoms with van der Waals surface area (Å²) >= 11 is 1.64. The largest absolute Gasteiger partial charge is 0.388 e. The Hall–Kier alpha value is -0.220. The van der Waals surface area contributed by atoms with Crippen molar-refractivity contribution in [3.63, 3.8) is 0 Å². The second kappa shape index (κ2) is 6.50. The van der Waals surface area contributed by atoms with Gasteiger partial charge in [0, 0.05) is 0 Å². The van der Waals surface area contributed by atoms with Gasteiger partial charge in [-0.05, 0) is 39.9 Å². The average Bonchev–Trinajstić information content (AvgIpc) is 2.10. The van der Waals surface area contributed by atoms with Gasteiger partial charge in [-0.1, -0.05) is 13.3 Å². The van der Waals surface area contributed by atoms with E-state index in [-0.39, 0.29) is 5.91 Å². The van der Waals surface area contributed by atoms with Crippen LogP contribution in [-0.2, 0) is 4.79 Å². The van der Waals surface area contributed by atoms with Crippen molar-refractivity contribution in [1.29, 1.82) is 0 Å². The van der Waals surface area contributed by atoms with Crippen LogP contribution in [0.5, 0.6) is 0 Å². The highest BCUT2D eigenvalue weighted by molar-refractivity contribution is 7.99. The van der Waals surface area contributed by atoms with Crippen LogP contribution in [0, 0.1) is 0 Å². The van der Waals surface area contributed by atoms with Crippen LogP contribution in [0.25, 0.3) is 0 Å². The maximum Gasteiger partial charge on any atom is 0.230 e. The van der Waals surface area contributed by atoms with Crippen LogP contribution in [0.4, 0.5) is 0 Å². The molecule has 0 unspecified atom stereocenters. The van der Waals surface area contributed by atoms with Gasteiger partial charge in [0.15, 0.2) is 0 Å². The molecular formula is C12H25NO2S. The summed E-state index contributed by atoms with van der Waals surface area (Å²) in [6, 6.07) is 0. The minimum atomic E-state index is -0.920. The van der Waals surface area contributed by atoms with Crippen LogP contribution >= 0.6 is 11.8 Å². The molecule has 2 N–H and O–H groups in total. The van der Waals surface area contributed by atoms with Gasteiger partial charge in [0.25, 0.3) is 0 Å². The van der Waals surface area contributed by atoms with Gasteiger partial charge >= 0.3 is 0 Å². The van der Waals surface area contributed by atoms with Gasteiger partial charge in [-0.2, -0.15) is 11.8 Å². The molecule has 1 amide bonds. The van der Waals surface area contributed by atoms with Gasteiger partial charge in [0.1, 0.15) is 0 Å². The maximum atomic E-state index is 11.6. The number of aliphatic hydroxyl groups is 1. The number of hydrogen-bond donors (Lipinski definition) is 2. The molecule has 0 heterocycles. The molecule has 0 aliphatic carbocycles. The van der Waals surface area contributed by atoms with Gasteiger partial charge in [-0.15, -0.1) is 0 Å². The molecule has 0 saturated heterocycles. The van der Waals surface area contributed by atoms with Gasteiger partial charge in [0.2, 0.25) is 5.91 Å². The second-order valence-electron chi connectivity index (χ2n) is 5.14. The van der Waals surface area contributed by atoms with Gasteiger partial charge < -0.3 is 10.4 Å². The summed E-state index contributed by atoms with van der Waals surface area (Å²) in [5.41, 5.74) is -1.52. The summed E-state index contributed by atoms with van der Waals surface area (Å²) in [5, 5.41) is 12.7. The Bertz CT molecular complexity index is 222. The zero-order valence-electron chi connectivity index (χ0n) is 11.1. The van der Waals surface area contributed by atoms with Crippen LogP contribution in [0.1, 0.15) is 47.5 Å². The number of thioether (sulfide) groups is 1. The van der Waals surface area contributed by atoms with E-state index in [2.05, 4.69) is 12.2 Å². The molecule has 96 valence electrons. The van der Waals surface area contributed by atoms with E-state index in [4.69, 9.17) is 0 Å². The Balaban J connectivity index is 3.96. The van der Waals surface area contributed by atoms with Crippen molar-refractivity contribution in [2.24, 2.45) is 0 Å². The number of amides is 1. The van der Waals surface area contributed by atoms with E-state index in [1.165, 1.54) is 0 Å². The summed E-state index contributed by atoms with van der Waals surface area (Å²) in [7, 11) is 0. The van der Waals surface area contributed by atoms with Crippen LogP contribution in [0.15, 0.2) is 0 Å². The van der Waals surface area contributed by atoms with E-state index < -0.39 is 11.1 Å². The molecule has 16 heavy (non-hydrogen) atoms. The first kappa shape index (κ1) is 15.8. The molecule has 0 aromatic carbocycles. The highest BCUT2D eigenvalue weighted by Crippen LogP contribution is 2.20. The second-order valence-corrected chi connectivity index (χ2v) is 6.24. The fraction of sp³-hybridized carbons (Fsp3) is 0.917. The van der Waals surface area contributed by atoms with Crippen molar-refractivity contribution in [2.75, 3.05) is 11.5 Å². The predicted octanol–water partition coefficient (Wildman–Crippen LogP) is 2.19. The number of hydrogen-bond acceptors (Lipinski definition) is 3. The van der Waals surface area contributed by atoms with Gasteiger partial charge in [0.05, 0.1) is 16.9 Å². The highest BCUT2D eigenvalue weighted by atomic mass is 32.2. The minimum Gasteiger partial charge on any atom is -0.388 e. The third-order valence-electron chi connectivity index (χ3n) is 2.86. The SMILES string of the molecule is CCCCSCC(=O)NC(C)(C)C(C)(C)O. The molecule has 4 heteroatoms. The molecule has 0 atom stereocenters. The molecule has 0 bridgehead atoms. The standard InChI is InChI=1S/C12H25NO2S/c1-6-7-8-16-9-10(14)13-11(2,3)12(4,5)15/h15H,6-9H2,1-5H3,(H,13,14). The number of nitrogens with one attached hydrogen (secondary N) is 1. The lowest BCUT2D eigenvalue weighted by atomic mass is 9.86. The van der Waals surface area contributed by atoms with E-state index in [0.717, 1.165) is 18.6 Å². The fourth-order valence-electron chi connectivity index (χ4n) is 0.949. The number of carbonyl (C=O) groups excluding carboxylic acids is 1. The molecular weight excluding hydrogens is 222 g/mol. The molecule has 3 nitrogen and oxygen atoms in total. The van der Waals surface area contributed by atoms with E-state index >= 15 is 0 Å². The third kappa shape index (κ3) is 5.75. The molecule has 0 radical (unpaired) electrons. The van der Waals surface area contributed by atoms with Crippen molar-refractivity contribution in [1.82, 2.24) is 5.32 Å². The maximum absolute atomic E-state index is 11.6. The predicted molar refractivity (Wildman–Crippen MR) is 70.8 cm³/mol. The molecule has 0 aromatic heterocycles. The van der Waals surface area contributed by atoms with E-state index in [1.807, 2.05) is 13.8 Å². The van der Waals surface area contributed by atoms with E-state index in [9.17, 15) is 9.90 Å². The summed E-state index contributed by atoms with van der Waals surface area (Å²) in [6.45, 7) is 9.22. The monoisotopic (exact) mass is 247 g/mol. The Kier molecular flexibility index (Phi) is 6.41. The molecule has 0 rings (SSSR count). The molecule has 0 spiro atoms. The Morgan fingerprint density at radius 3 is 2.31 bits per heavy atom. The molecule has 0 aliphatic heterocycles. The summed E-state index contributed by atoms with van der Waals surface area (Å²) in [6.07, 6.45) is 2.30. The van der Waals surface area contributed by atoms with Crippen LogP contribution in [0.2, 0.25) is 0 Å². The van der Waals surface area contributed by atoms with Crippen LogP contribution in [-0.4, -0.2) is 33.7 Å². The van der Waals surface area contributed by atoms with Crippen molar-refractivity contribution < 1.29 is 9.90 Å². The quantitative estimate of drug-likeness (QED) is 0.678. The zero-order valence-corrected chi connectivity index (χ0v) is 11.9. The van der Waals surface area contributed by atoms with Crippen molar-refractivity contribution in [3.05, 3.63) is 0 Å². The molecule has 0 saturated carbocycles. The number of unbranched alkanes of at least 4 members (excludes halogenated alkanes) is 1. The van der Waals surface area contributed by atoms with Crippen molar-refractivity contribution >= 4 is 17.7 Å². The molecule has 0 fully saturated rings. The molecule has 0 aromatic rings. The minimum absolute atomic E-state index is 0.00627. The van der Waals surface area contributed by atoms with Crippen LogP contribution < -0.4 is 5.32 Å². The zero-order chi connectivity index (χ0) is 12.8. The van der Waals surface area contributed by atoms with Gasteiger partial charge in [-0.25, -0.2) is 0 Å². The van der Waals surface area contributed by atoms with Crippen molar-refractivity contribution in [2.45, 2.75) is 58.6 Å². The van der Waals surface area contributed by atoms with E-state index in [1.54, 1.807) is 25.6 Å². The van der Waals surface area contributed by atoms with E-state index in [0.29, 0.717) is 5.75 Å². The molecule has 0 aliphatic rings. The lowest BCUT2D eigenvalue weighted by Gasteiger charge is -2.37. The lowest BCUT2D eigenvalue weighted by Crippen LogP contribution is -2.58. The average molecular weight is 247 g/mol. The summed E-state index contributed by atoms with van der Waals surface area (Å²) < 4.78 is 0. The lowest BCUT2D eigenvalue weighted by molar-refractivity contribution is -0.123. The first-order valence-corrected chi connectivity index (χ1v) is 6.97. The third-order valence-corrected chi connectivity index (χ3v) is 3.90. The van der Waals surface area contributed by atoms with Crippen LogP contribution in [0.3, 0.4) is 0 Å². The Morgan fingerprint density at radius 1 is 1.31 bits per heavy atom. The normalized spacial score (nSPS) is 12.6. The summed E-state index contributed by atoms with van der Waals surface area (Å²) in [5.74, 6) is 1.49. The number of carbonyl (C=O) groups is 1. The van der Waals surface area contributed by atoms with Crippen molar-refractivity contribution in [3.8, 4) is 0 Å². The Labute approximate surface area is 103 Å². The summed E-state index contributed by atoms with van der Waals surface area (Å²) in [4.78, 5) is 11.6.